The molecule has 17 heavy (non-hydrogen) atoms. The van der Waals surface area contributed by atoms with Crippen molar-refractivity contribution < 1.29 is 0 Å². The summed E-state index contributed by atoms with van der Waals surface area (Å²) in [5.74, 6) is 2.61. The second kappa shape index (κ2) is 6.78. The van der Waals surface area contributed by atoms with E-state index < -0.39 is 0 Å². The monoisotopic (exact) mass is 270 g/mol. The molecule has 2 nitrogen and oxygen atoms in total. The topological polar surface area (TPSA) is 15.3 Å². The van der Waals surface area contributed by atoms with Crippen LogP contribution in [-0.4, -0.2) is 42.6 Å². The zero-order valence-electron chi connectivity index (χ0n) is 10.7. The van der Waals surface area contributed by atoms with E-state index in [1.807, 2.05) is 11.3 Å². The molecule has 1 aromatic heterocycles. The zero-order chi connectivity index (χ0) is 12.1. The van der Waals surface area contributed by atoms with E-state index >= 15 is 0 Å². The second-order valence-electron chi connectivity index (χ2n) is 4.58. The average Bonchev–Trinajstić information content (AvgIpc) is 2.77. The van der Waals surface area contributed by atoms with Gasteiger partial charge in [-0.3, -0.25) is 0 Å². The summed E-state index contributed by atoms with van der Waals surface area (Å²) in [6.45, 7) is 9.25. The maximum Gasteiger partial charge on any atom is 0.0386 e. The first kappa shape index (κ1) is 13.4. The maximum absolute atomic E-state index is 3.62. The second-order valence-corrected chi connectivity index (χ2v) is 7.12. The molecule has 1 aliphatic heterocycles. The third-order valence-corrected chi connectivity index (χ3v) is 5.30. The van der Waals surface area contributed by atoms with E-state index in [9.17, 15) is 0 Å². The van der Waals surface area contributed by atoms with Gasteiger partial charge in [0.2, 0.25) is 0 Å². The number of nitrogens with zero attached hydrogens (tertiary/aromatic N) is 1. The normalized spacial score (nSPS) is 19.4. The van der Waals surface area contributed by atoms with Crippen molar-refractivity contribution in [3.05, 3.63) is 21.9 Å². The smallest absolute Gasteiger partial charge is 0.0386 e. The van der Waals surface area contributed by atoms with Gasteiger partial charge in [0.05, 0.1) is 0 Å². The molecule has 0 radical (unpaired) electrons. The summed E-state index contributed by atoms with van der Waals surface area (Å²) < 4.78 is 0. The molecule has 4 heteroatoms. The van der Waals surface area contributed by atoms with Gasteiger partial charge >= 0.3 is 0 Å². The van der Waals surface area contributed by atoms with Crippen molar-refractivity contribution >= 4 is 23.1 Å². The average molecular weight is 270 g/mol. The van der Waals surface area contributed by atoms with E-state index in [-0.39, 0.29) is 0 Å². The fourth-order valence-corrected chi connectivity index (χ4v) is 3.93. The number of thioether (sulfide) groups is 1. The minimum atomic E-state index is 0.493. The van der Waals surface area contributed by atoms with Crippen LogP contribution >= 0.6 is 23.1 Å². The summed E-state index contributed by atoms with van der Waals surface area (Å²) >= 11 is 3.98. The Morgan fingerprint density at radius 3 is 2.76 bits per heavy atom. The highest BCUT2D eigenvalue weighted by Crippen LogP contribution is 2.21. The molecule has 1 saturated heterocycles. The number of aryl methyl sites for hydroxylation is 1. The minimum Gasteiger partial charge on any atom is -0.308 e. The summed E-state index contributed by atoms with van der Waals surface area (Å²) in [5.41, 5.74) is 0. The highest BCUT2D eigenvalue weighted by atomic mass is 32.2. The lowest BCUT2D eigenvalue weighted by molar-refractivity contribution is 0.297. The Labute approximate surface area is 113 Å². The molecule has 1 unspecified atom stereocenters. The Balaban J connectivity index is 1.67. The van der Waals surface area contributed by atoms with Crippen LogP contribution in [0.1, 0.15) is 22.7 Å². The molecule has 1 atom stereocenters. The first-order valence-corrected chi connectivity index (χ1v) is 8.32. The van der Waals surface area contributed by atoms with Crippen molar-refractivity contribution in [2.45, 2.75) is 19.9 Å². The van der Waals surface area contributed by atoms with E-state index in [4.69, 9.17) is 0 Å². The van der Waals surface area contributed by atoms with E-state index in [0.717, 1.165) is 6.54 Å². The van der Waals surface area contributed by atoms with Crippen LogP contribution in [-0.2, 0) is 0 Å². The quantitative estimate of drug-likeness (QED) is 0.886. The number of rotatable bonds is 5. The first-order valence-electron chi connectivity index (χ1n) is 6.35. The van der Waals surface area contributed by atoms with Crippen molar-refractivity contribution in [2.24, 2.45) is 0 Å². The minimum absolute atomic E-state index is 0.493. The predicted molar refractivity (Wildman–Crippen MR) is 79.2 cm³/mol. The lowest BCUT2D eigenvalue weighted by Crippen LogP contribution is -2.38. The molecule has 1 fully saturated rings. The van der Waals surface area contributed by atoms with Crippen LogP contribution in [0, 0.1) is 6.92 Å². The van der Waals surface area contributed by atoms with Gasteiger partial charge in [-0.05, 0) is 26.0 Å². The molecule has 0 aromatic carbocycles. The standard InChI is InChI=1S/C13H22N2S2/c1-11-3-4-13(17-11)12(2)14-5-6-15-7-9-16-10-8-15/h3-4,12,14H,5-10H2,1-2H3. The van der Waals surface area contributed by atoms with Gasteiger partial charge in [-0.15, -0.1) is 11.3 Å². The van der Waals surface area contributed by atoms with Gasteiger partial charge in [-0.25, -0.2) is 0 Å². The molecular weight excluding hydrogens is 248 g/mol. The molecular formula is C13H22N2S2. The Hall–Kier alpha value is -0.0300. The molecule has 0 saturated carbocycles. The third-order valence-electron chi connectivity index (χ3n) is 3.17. The largest absolute Gasteiger partial charge is 0.308 e. The SMILES string of the molecule is Cc1ccc(C(C)NCCN2CCSCC2)s1. The summed E-state index contributed by atoms with van der Waals surface area (Å²) in [6.07, 6.45) is 0. The van der Waals surface area contributed by atoms with Gasteiger partial charge in [0.1, 0.15) is 0 Å². The highest BCUT2D eigenvalue weighted by molar-refractivity contribution is 7.99. The van der Waals surface area contributed by atoms with Crippen molar-refractivity contribution in [2.75, 3.05) is 37.7 Å². The van der Waals surface area contributed by atoms with Gasteiger partial charge in [-0.2, -0.15) is 11.8 Å². The Kier molecular flexibility index (Phi) is 5.35. The van der Waals surface area contributed by atoms with Crippen LogP contribution in [0.4, 0.5) is 0 Å². The van der Waals surface area contributed by atoms with Crippen molar-refractivity contribution in [3.8, 4) is 0 Å². The Morgan fingerprint density at radius 2 is 2.12 bits per heavy atom. The van der Waals surface area contributed by atoms with Crippen LogP contribution in [0.5, 0.6) is 0 Å². The van der Waals surface area contributed by atoms with Crippen LogP contribution < -0.4 is 5.32 Å². The van der Waals surface area contributed by atoms with E-state index in [0.29, 0.717) is 6.04 Å². The number of hydrogen-bond donors (Lipinski definition) is 1. The van der Waals surface area contributed by atoms with Crippen LogP contribution in [0.25, 0.3) is 0 Å². The fourth-order valence-electron chi connectivity index (χ4n) is 2.05. The van der Waals surface area contributed by atoms with Crippen molar-refractivity contribution in [1.82, 2.24) is 10.2 Å². The molecule has 0 aliphatic carbocycles. The molecule has 96 valence electrons. The molecule has 1 N–H and O–H groups in total. The lowest BCUT2D eigenvalue weighted by atomic mass is 10.2. The Morgan fingerprint density at radius 1 is 1.35 bits per heavy atom. The van der Waals surface area contributed by atoms with Gasteiger partial charge < -0.3 is 10.2 Å². The van der Waals surface area contributed by atoms with Crippen molar-refractivity contribution in [1.29, 1.82) is 0 Å². The third kappa shape index (κ3) is 4.28. The van der Waals surface area contributed by atoms with Gasteiger partial charge in [0.15, 0.2) is 0 Å². The number of nitrogens with one attached hydrogen (secondary N) is 1. The van der Waals surface area contributed by atoms with Crippen LogP contribution in [0.3, 0.4) is 0 Å². The molecule has 2 heterocycles. The van der Waals surface area contributed by atoms with E-state index in [1.54, 1.807) is 0 Å². The molecule has 1 aliphatic rings. The number of thiophene rings is 1. The Bertz CT molecular complexity index is 332. The maximum atomic E-state index is 3.62. The summed E-state index contributed by atoms with van der Waals surface area (Å²) in [4.78, 5) is 5.43. The summed E-state index contributed by atoms with van der Waals surface area (Å²) in [7, 11) is 0. The number of hydrogen-bond acceptors (Lipinski definition) is 4. The van der Waals surface area contributed by atoms with Crippen LogP contribution in [0.2, 0.25) is 0 Å². The van der Waals surface area contributed by atoms with Gasteiger partial charge in [-0.1, -0.05) is 0 Å². The molecule has 1 aromatic rings. The summed E-state index contributed by atoms with van der Waals surface area (Å²) in [5, 5.41) is 3.62. The van der Waals surface area contributed by atoms with Gasteiger partial charge in [0, 0.05) is 53.5 Å². The fraction of sp³-hybridized carbons (Fsp3) is 0.692. The molecule has 2 rings (SSSR count). The highest BCUT2D eigenvalue weighted by Gasteiger charge is 2.11. The van der Waals surface area contributed by atoms with Crippen LogP contribution in [0.15, 0.2) is 12.1 Å². The van der Waals surface area contributed by atoms with E-state index in [1.165, 1.54) is 40.9 Å². The molecule has 0 bridgehead atoms. The van der Waals surface area contributed by atoms with E-state index in [2.05, 4.69) is 48.0 Å². The first-order chi connectivity index (χ1) is 8.25. The van der Waals surface area contributed by atoms with Gasteiger partial charge in [0.25, 0.3) is 0 Å². The summed E-state index contributed by atoms with van der Waals surface area (Å²) in [6, 6.07) is 4.95. The zero-order valence-corrected chi connectivity index (χ0v) is 12.4. The van der Waals surface area contributed by atoms with Crippen molar-refractivity contribution in [3.63, 3.8) is 0 Å². The molecule has 0 spiro atoms. The molecule has 0 amide bonds. The lowest BCUT2D eigenvalue weighted by Gasteiger charge is -2.26. The predicted octanol–water partition coefficient (Wildman–Crippen LogP) is 2.76.